The van der Waals surface area contributed by atoms with Crippen molar-refractivity contribution >= 4 is 17.5 Å². The van der Waals surface area contributed by atoms with E-state index in [9.17, 15) is 18.0 Å². The second-order valence-corrected chi connectivity index (χ2v) is 6.12. The van der Waals surface area contributed by atoms with Crippen molar-refractivity contribution in [3.63, 3.8) is 0 Å². The summed E-state index contributed by atoms with van der Waals surface area (Å²) >= 11 is 5.73. The summed E-state index contributed by atoms with van der Waals surface area (Å²) in [5.41, 5.74) is -0.988. The number of amides is 1. The zero-order valence-corrected chi connectivity index (χ0v) is 13.5. The van der Waals surface area contributed by atoms with E-state index in [2.05, 4.69) is 5.10 Å². The molecule has 1 amide bonds. The van der Waals surface area contributed by atoms with Crippen LogP contribution < -0.4 is 0 Å². The summed E-state index contributed by atoms with van der Waals surface area (Å²) in [5.74, 6) is -0.219. The zero-order valence-electron chi connectivity index (χ0n) is 12.7. The van der Waals surface area contributed by atoms with E-state index in [-0.39, 0.29) is 17.6 Å². The fourth-order valence-electron chi connectivity index (χ4n) is 2.83. The molecule has 1 aliphatic rings. The smallest absolute Gasteiger partial charge is 0.338 e. The van der Waals surface area contributed by atoms with Crippen LogP contribution in [-0.4, -0.2) is 33.2 Å². The minimum Gasteiger partial charge on any atom is -0.338 e. The maximum atomic E-state index is 12.9. The number of carbonyl (C=O) groups excluding carboxylic acids is 1. The van der Waals surface area contributed by atoms with Crippen molar-refractivity contribution in [2.24, 2.45) is 0 Å². The molecule has 0 bridgehead atoms. The molecule has 2 heterocycles. The van der Waals surface area contributed by atoms with Gasteiger partial charge >= 0.3 is 6.18 Å². The summed E-state index contributed by atoms with van der Waals surface area (Å²) < 4.78 is 39.7. The molecule has 1 fully saturated rings. The van der Waals surface area contributed by atoms with Gasteiger partial charge in [-0.1, -0.05) is 11.6 Å². The Morgan fingerprint density at radius 2 is 2.05 bits per heavy atom. The van der Waals surface area contributed by atoms with Gasteiger partial charge in [0.1, 0.15) is 6.04 Å². The molecule has 0 unspecified atom stereocenters. The largest absolute Gasteiger partial charge is 0.436 e. The van der Waals surface area contributed by atoms with E-state index in [1.165, 1.54) is 6.92 Å². The van der Waals surface area contributed by atoms with E-state index < -0.39 is 22.9 Å². The highest BCUT2D eigenvalue weighted by Gasteiger charge is 2.39. The lowest BCUT2D eigenvalue weighted by Gasteiger charge is -2.35. The minimum absolute atomic E-state index is 0.0946. The molecule has 1 aromatic rings. The number of hydrogen-bond donors (Lipinski definition) is 0. The molecule has 0 aromatic carbocycles. The second-order valence-electron chi connectivity index (χ2n) is 5.74. The van der Waals surface area contributed by atoms with Crippen molar-refractivity contribution in [3.8, 4) is 0 Å². The maximum absolute atomic E-state index is 12.9. The van der Waals surface area contributed by atoms with Crippen molar-refractivity contribution in [1.82, 2.24) is 14.7 Å². The lowest BCUT2D eigenvalue weighted by molar-refractivity contribution is -0.143. The van der Waals surface area contributed by atoms with Gasteiger partial charge in [-0.25, -0.2) is 0 Å². The number of piperidine rings is 1. The maximum Gasteiger partial charge on any atom is 0.436 e. The zero-order chi connectivity index (χ0) is 16.7. The first-order chi connectivity index (χ1) is 10.1. The molecule has 22 heavy (non-hydrogen) atoms. The lowest BCUT2D eigenvalue weighted by Crippen LogP contribution is -2.45. The summed E-state index contributed by atoms with van der Waals surface area (Å²) in [5, 5.41) is 3.09. The molecule has 2 atom stereocenters. The average molecular weight is 338 g/mol. The first-order valence-electron chi connectivity index (χ1n) is 7.27. The molecule has 1 aromatic heterocycles. The minimum atomic E-state index is -4.63. The Bertz CT molecular complexity index is 570. The third-order valence-corrected chi connectivity index (χ3v) is 4.61. The van der Waals surface area contributed by atoms with Gasteiger partial charge in [0, 0.05) is 12.6 Å². The van der Waals surface area contributed by atoms with Crippen LogP contribution in [0.15, 0.2) is 0 Å². The fraction of sp³-hybridized carbons (Fsp3) is 0.714. The van der Waals surface area contributed by atoms with Gasteiger partial charge in [0.05, 0.1) is 10.7 Å². The Morgan fingerprint density at radius 3 is 2.55 bits per heavy atom. The van der Waals surface area contributed by atoms with Crippen molar-refractivity contribution in [3.05, 3.63) is 16.4 Å². The van der Waals surface area contributed by atoms with Crippen LogP contribution in [-0.2, 0) is 11.0 Å². The normalized spacial score (nSPS) is 21.0. The first-order valence-corrected chi connectivity index (χ1v) is 7.64. The molecular formula is C14H19ClF3N3O. The van der Waals surface area contributed by atoms with Crippen molar-refractivity contribution < 1.29 is 18.0 Å². The highest BCUT2D eigenvalue weighted by atomic mass is 35.5. The number of hydrogen-bond acceptors (Lipinski definition) is 2. The second kappa shape index (κ2) is 6.10. The van der Waals surface area contributed by atoms with Crippen LogP contribution in [0.2, 0.25) is 5.02 Å². The van der Waals surface area contributed by atoms with Gasteiger partial charge in [-0.3, -0.25) is 9.48 Å². The Kier molecular flexibility index (Phi) is 4.75. The Hall–Kier alpha value is -1.24. The molecule has 124 valence electrons. The average Bonchev–Trinajstić information content (AvgIpc) is 2.74. The van der Waals surface area contributed by atoms with Crippen molar-refractivity contribution in [2.75, 3.05) is 6.54 Å². The first kappa shape index (κ1) is 17.1. The predicted octanol–water partition coefficient (Wildman–Crippen LogP) is 3.83. The highest BCUT2D eigenvalue weighted by Crippen LogP contribution is 2.36. The van der Waals surface area contributed by atoms with Crippen molar-refractivity contribution in [1.29, 1.82) is 0 Å². The molecule has 8 heteroatoms. The lowest BCUT2D eigenvalue weighted by atomic mass is 10.0. The number of rotatable bonds is 2. The van der Waals surface area contributed by atoms with Crippen LogP contribution in [0.5, 0.6) is 0 Å². The Morgan fingerprint density at radius 1 is 1.41 bits per heavy atom. The Balaban J connectivity index is 2.29. The molecule has 1 saturated heterocycles. The number of carbonyl (C=O) groups is 1. The molecule has 0 aliphatic carbocycles. The summed E-state index contributed by atoms with van der Waals surface area (Å²) in [7, 11) is 0. The van der Waals surface area contributed by atoms with Crippen LogP contribution in [0.4, 0.5) is 13.2 Å². The van der Waals surface area contributed by atoms with Gasteiger partial charge in [-0.15, -0.1) is 0 Å². The molecule has 0 spiro atoms. The van der Waals surface area contributed by atoms with E-state index in [0.717, 1.165) is 23.9 Å². The van der Waals surface area contributed by atoms with Crippen molar-refractivity contribution in [2.45, 2.75) is 58.3 Å². The number of likely N-dealkylation sites (tertiary alicyclic amines) is 1. The van der Waals surface area contributed by atoms with Gasteiger partial charge in [0.2, 0.25) is 5.91 Å². The molecule has 0 N–H and O–H groups in total. The fourth-order valence-corrected chi connectivity index (χ4v) is 3.06. The Labute approximate surface area is 132 Å². The number of halogens is 4. The monoisotopic (exact) mass is 337 g/mol. The van der Waals surface area contributed by atoms with Crippen LogP contribution in [0.3, 0.4) is 0 Å². The van der Waals surface area contributed by atoms with E-state index >= 15 is 0 Å². The van der Waals surface area contributed by atoms with Gasteiger partial charge < -0.3 is 4.90 Å². The van der Waals surface area contributed by atoms with Crippen LogP contribution in [0.1, 0.15) is 50.5 Å². The summed E-state index contributed by atoms with van der Waals surface area (Å²) in [6.45, 7) is 5.58. The number of nitrogens with zero attached hydrogens (tertiary/aromatic N) is 3. The molecule has 4 nitrogen and oxygen atoms in total. The van der Waals surface area contributed by atoms with Gasteiger partial charge in [-0.2, -0.15) is 18.3 Å². The van der Waals surface area contributed by atoms with E-state index in [1.807, 2.05) is 6.92 Å². The van der Waals surface area contributed by atoms with Gasteiger partial charge in [0.15, 0.2) is 5.69 Å². The molecule has 0 saturated carbocycles. The van der Waals surface area contributed by atoms with Gasteiger partial charge in [0.25, 0.3) is 0 Å². The number of alkyl halides is 3. The number of aromatic nitrogens is 2. The standard InChI is InChI=1S/C14H19ClF3N3O/c1-8-6-4-5-7-20(8)13(22)10(3)21-9(2)11(15)12(19-21)14(16,17)18/h8,10H,4-7H2,1-3H3/t8-,10+/m0/s1. The molecular weight excluding hydrogens is 319 g/mol. The topological polar surface area (TPSA) is 38.1 Å². The van der Waals surface area contributed by atoms with E-state index in [4.69, 9.17) is 11.6 Å². The highest BCUT2D eigenvalue weighted by molar-refractivity contribution is 6.32. The summed E-state index contributed by atoms with van der Waals surface area (Å²) in [4.78, 5) is 14.3. The molecule has 0 radical (unpaired) electrons. The molecule has 2 rings (SSSR count). The SMILES string of the molecule is Cc1c(Cl)c(C(F)(F)F)nn1[C@H](C)C(=O)N1CCCC[C@@H]1C. The predicted molar refractivity (Wildman–Crippen MR) is 76.7 cm³/mol. The summed E-state index contributed by atoms with van der Waals surface area (Å²) in [6, 6.07) is -0.716. The quantitative estimate of drug-likeness (QED) is 0.822. The van der Waals surface area contributed by atoms with Gasteiger partial charge in [-0.05, 0) is 40.0 Å². The van der Waals surface area contributed by atoms with Crippen LogP contribution in [0.25, 0.3) is 0 Å². The third kappa shape index (κ3) is 3.09. The van der Waals surface area contributed by atoms with E-state index in [0.29, 0.717) is 6.54 Å². The van der Waals surface area contributed by atoms with Crippen LogP contribution in [0, 0.1) is 6.92 Å². The van der Waals surface area contributed by atoms with E-state index in [1.54, 1.807) is 11.8 Å². The molecule has 1 aliphatic heterocycles. The summed E-state index contributed by atoms with van der Waals surface area (Å²) in [6.07, 6.45) is -1.75. The van der Waals surface area contributed by atoms with Crippen LogP contribution >= 0.6 is 11.6 Å². The third-order valence-electron chi connectivity index (χ3n) is 4.16.